The van der Waals surface area contributed by atoms with Crippen molar-refractivity contribution in [2.75, 3.05) is 11.9 Å². The first-order valence-electron chi connectivity index (χ1n) is 6.04. The Kier molecular flexibility index (Phi) is 4.24. The first-order chi connectivity index (χ1) is 9.70. The predicted molar refractivity (Wildman–Crippen MR) is 74.2 cm³/mol. The van der Waals surface area contributed by atoms with Crippen LogP contribution in [0.1, 0.15) is 11.3 Å². The molecular formula is C14H12N4O2. The van der Waals surface area contributed by atoms with E-state index < -0.39 is 4.92 Å². The number of nitriles is 1. The van der Waals surface area contributed by atoms with Crippen molar-refractivity contribution >= 4 is 11.5 Å². The Morgan fingerprint density at radius 1 is 1.25 bits per heavy atom. The minimum Gasteiger partial charge on any atom is -0.370 e. The van der Waals surface area contributed by atoms with Gasteiger partial charge in [0.2, 0.25) is 5.69 Å². The van der Waals surface area contributed by atoms with E-state index in [4.69, 9.17) is 5.26 Å². The molecule has 2 aromatic rings. The Hall–Kier alpha value is -2.94. The van der Waals surface area contributed by atoms with Crippen LogP contribution in [-0.2, 0) is 6.42 Å². The first-order valence-corrected chi connectivity index (χ1v) is 6.04. The van der Waals surface area contributed by atoms with Gasteiger partial charge in [0.15, 0.2) is 0 Å². The molecule has 1 N–H and O–H groups in total. The smallest absolute Gasteiger partial charge is 0.305 e. The largest absolute Gasteiger partial charge is 0.370 e. The summed E-state index contributed by atoms with van der Waals surface area (Å²) in [6.45, 7) is 0.639. The number of nitrogens with one attached hydrogen (secondary N) is 1. The van der Waals surface area contributed by atoms with Crippen LogP contribution in [0.15, 0.2) is 42.5 Å². The van der Waals surface area contributed by atoms with Crippen molar-refractivity contribution in [2.24, 2.45) is 0 Å². The standard InChI is InChI=1S/C14H12N4O2/c15-10-12-13(18(19)20)6-7-14(17-12)16-9-8-11-4-2-1-3-5-11/h1-7H,8-9H2,(H,16,17). The molecule has 0 fully saturated rings. The number of nitro groups is 1. The third-order valence-corrected chi connectivity index (χ3v) is 2.74. The van der Waals surface area contributed by atoms with Gasteiger partial charge in [-0.1, -0.05) is 30.3 Å². The van der Waals surface area contributed by atoms with Gasteiger partial charge < -0.3 is 5.32 Å². The van der Waals surface area contributed by atoms with Crippen molar-refractivity contribution in [3.63, 3.8) is 0 Å². The Morgan fingerprint density at radius 2 is 2.00 bits per heavy atom. The van der Waals surface area contributed by atoms with E-state index >= 15 is 0 Å². The van der Waals surface area contributed by atoms with E-state index in [1.807, 2.05) is 30.3 Å². The highest BCUT2D eigenvalue weighted by molar-refractivity contribution is 5.50. The highest BCUT2D eigenvalue weighted by Gasteiger charge is 2.15. The Morgan fingerprint density at radius 3 is 2.65 bits per heavy atom. The molecule has 0 bridgehead atoms. The fourth-order valence-electron chi connectivity index (χ4n) is 1.76. The molecular weight excluding hydrogens is 256 g/mol. The molecule has 0 radical (unpaired) electrons. The van der Waals surface area contributed by atoms with Gasteiger partial charge in [0.25, 0.3) is 0 Å². The predicted octanol–water partition coefficient (Wildman–Crippen LogP) is 2.52. The fourth-order valence-corrected chi connectivity index (χ4v) is 1.76. The number of nitrogens with zero attached hydrogens (tertiary/aromatic N) is 3. The first kappa shape index (κ1) is 13.5. The van der Waals surface area contributed by atoms with Crippen molar-refractivity contribution in [1.82, 2.24) is 4.98 Å². The van der Waals surface area contributed by atoms with Gasteiger partial charge in [-0.2, -0.15) is 5.26 Å². The van der Waals surface area contributed by atoms with Crippen LogP contribution in [0.25, 0.3) is 0 Å². The number of pyridine rings is 1. The normalized spacial score (nSPS) is 9.75. The van der Waals surface area contributed by atoms with Crippen molar-refractivity contribution < 1.29 is 4.92 Å². The summed E-state index contributed by atoms with van der Waals surface area (Å²) in [6, 6.07) is 14.4. The second-order valence-electron chi connectivity index (χ2n) is 4.10. The van der Waals surface area contributed by atoms with E-state index in [0.29, 0.717) is 12.4 Å². The van der Waals surface area contributed by atoms with Gasteiger partial charge >= 0.3 is 5.69 Å². The number of hydrogen-bond acceptors (Lipinski definition) is 5. The molecule has 0 aliphatic rings. The monoisotopic (exact) mass is 268 g/mol. The molecule has 6 heteroatoms. The minimum atomic E-state index is -0.612. The van der Waals surface area contributed by atoms with Gasteiger partial charge in [0, 0.05) is 12.6 Å². The number of aromatic nitrogens is 1. The van der Waals surface area contributed by atoms with Crippen LogP contribution < -0.4 is 5.32 Å². The third-order valence-electron chi connectivity index (χ3n) is 2.74. The van der Waals surface area contributed by atoms with Crippen LogP contribution >= 0.6 is 0 Å². The minimum absolute atomic E-state index is 0.181. The summed E-state index contributed by atoms with van der Waals surface area (Å²) in [5.41, 5.74) is 0.725. The zero-order valence-corrected chi connectivity index (χ0v) is 10.6. The molecule has 2 rings (SSSR count). The highest BCUT2D eigenvalue weighted by atomic mass is 16.6. The number of rotatable bonds is 5. The maximum absolute atomic E-state index is 10.7. The molecule has 0 spiro atoms. The Balaban J connectivity index is 2.00. The summed E-state index contributed by atoms with van der Waals surface area (Å²) in [7, 11) is 0. The lowest BCUT2D eigenvalue weighted by molar-refractivity contribution is -0.385. The van der Waals surface area contributed by atoms with Gasteiger partial charge in [0.05, 0.1) is 4.92 Å². The molecule has 0 amide bonds. The van der Waals surface area contributed by atoms with E-state index in [-0.39, 0.29) is 11.4 Å². The van der Waals surface area contributed by atoms with Gasteiger partial charge in [-0.25, -0.2) is 4.98 Å². The highest BCUT2D eigenvalue weighted by Crippen LogP contribution is 2.17. The number of hydrogen-bond donors (Lipinski definition) is 1. The average molecular weight is 268 g/mol. The zero-order chi connectivity index (χ0) is 14.4. The maximum Gasteiger partial charge on any atom is 0.305 e. The molecule has 1 heterocycles. The topological polar surface area (TPSA) is 91.8 Å². The molecule has 0 saturated heterocycles. The second-order valence-corrected chi connectivity index (χ2v) is 4.10. The summed E-state index contributed by atoms with van der Waals surface area (Å²) in [5, 5.41) is 22.6. The van der Waals surface area contributed by atoms with Gasteiger partial charge in [0.1, 0.15) is 11.9 Å². The number of anilines is 1. The lowest BCUT2D eigenvalue weighted by Crippen LogP contribution is -2.07. The van der Waals surface area contributed by atoms with Crippen molar-refractivity contribution in [2.45, 2.75) is 6.42 Å². The molecule has 6 nitrogen and oxygen atoms in total. The lowest BCUT2D eigenvalue weighted by atomic mass is 10.1. The molecule has 20 heavy (non-hydrogen) atoms. The SMILES string of the molecule is N#Cc1nc(NCCc2ccccc2)ccc1[N+](=O)[O-]. The molecule has 100 valence electrons. The zero-order valence-electron chi connectivity index (χ0n) is 10.6. The lowest BCUT2D eigenvalue weighted by Gasteiger charge is -2.05. The fraction of sp³-hybridized carbons (Fsp3) is 0.143. The maximum atomic E-state index is 10.7. The van der Waals surface area contributed by atoms with Crippen LogP contribution in [0, 0.1) is 21.4 Å². The van der Waals surface area contributed by atoms with Crippen LogP contribution in [0.3, 0.4) is 0 Å². The summed E-state index contributed by atoms with van der Waals surface area (Å²) >= 11 is 0. The quantitative estimate of drug-likeness (QED) is 0.664. The average Bonchev–Trinajstić information content (AvgIpc) is 2.48. The summed E-state index contributed by atoms with van der Waals surface area (Å²) in [5.74, 6) is 0.461. The summed E-state index contributed by atoms with van der Waals surface area (Å²) in [6.07, 6.45) is 0.807. The van der Waals surface area contributed by atoms with Crippen LogP contribution in [0.4, 0.5) is 11.5 Å². The van der Waals surface area contributed by atoms with Crippen molar-refractivity contribution in [1.29, 1.82) is 5.26 Å². The van der Waals surface area contributed by atoms with Crippen LogP contribution in [0.2, 0.25) is 0 Å². The molecule has 0 aliphatic heterocycles. The molecule has 0 unspecified atom stereocenters. The molecule has 1 aromatic carbocycles. The van der Waals surface area contributed by atoms with Gasteiger partial charge in [-0.15, -0.1) is 0 Å². The molecule has 0 aliphatic carbocycles. The van der Waals surface area contributed by atoms with Crippen molar-refractivity contribution in [3.8, 4) is 6.07 Å². The van der Waals surface area contributed by atoms with Gasteiger partial charge in [-0.05, 0) is 18.1 Å². The van der Waals surface area contributed by atoms with E-state index in [1.54, 1.807) is 6.07 Å². The van der Waals surface area contributed by atoms with E-state index in [2.05, 4.69) is 10.3 Å². The summed E-state index contributed by atoms with van der Waals surface area (Å²) in [4.78, 5) is 14.0. The van der Waals surface area contributed by atoms with E-state index in [9.17, 15) is 10.1 Å². The van der Waals surface area contributed by atoms with Crippen LogP contribution in [-0.4, -0.2) is 16.5 Å². The van der Waals surface area contributed by atoms with Crippen molar-refractivity contribution in [3.05, 3.63) is 63.8 Å². The Labute approximate surface area is 115 Å². The van der Waals surface area contributed by atoms with E-state index in [1.165, 1.54) is 17.7 Å². The second kappa shape index (κ2) is 6.29. The van der Waals surface area contributed by atoms with Crippen LogP contribution in [0.5, 0.6) is 0 Å². The Bertz CT molecular complexity index is 650. The molecule has 1 aromatic heterocycles. The third kappa shape index (κ3) is 3.29. The summed E-state index contributed by atoms with van der Waals surface area (Å²) < 4.78 is 0. The number of benzene rings is 1. The molecule has 0 saturated carbocycles. The van der Waals surface area contributed by atoms with E-state index in [0.717, 1.165) is 6.42 Å². The molecule has 0 atom stereocenters. The van der Waals surface area contributed by atoms with Gasteiger partial charge in [-0.3, -0.25) is 10.1 Å².